The van der Waals surface area contributed by atoms with Crippen molar-refractivity contribution in [3.8, 4) is 11.5 Å². The molecule has 4 nitrogen and oxygen atoms in total. The van der Waals surface area contributed by atoms with Crippen molar-refractivity contribution in [3.05, 3.63) is 47.5 Å². The van der Waals surface area contributed by atoms with Gasteiger partial charge in [0.15, 0.2) is 5.71 Å². The average Bonchev–Trinajstić information content (AvgIpc) is 2.49. The molecule has 0 fully saturated rings. The predicted molar refractivity (Wildman–Crippen MR) is 95.4 cm³/mol. The van der Waals surface area contributed by atoms with E-state index in [1.54, 1.807) is 12.1 Å². The van der Waals surface area contributed by atoms with Gasteiger partial charge in [0, 0.05) is 11.1 Å². The lowest BCUT2D eigenvalue weighted by Gasteiger charge is -2.07. The van der Waals surface area contributed by atoms with Crippen LogP contribution in [-0.2, 0) is 9.63 Å². The van der Waals surface area contributed by atoms with Crippen molar-refractivity contribution in [1.82, 2.24) is 0 Å². The molecule has 23 heavy (non-hydrogen) atoms. The number of nitrogens with zero attached hydrogens (tertiary/aromatic N) is 1. The van der Waals surface area contributed by atoms with Gasteiger partial charge in [-0.2, -0.15) is 0 Å². The fourth-order valence-electron chi connectivity index (χ4n) is 2.11. The molecule has 0 saturated heterocycles. The molecule has 2 rings (SSSR count). The summed E-state index contributed by atoms with van der Waals surface area (Å²) in [5, 5.41) is 14.7. The summed E-state index contributed by atoms with van der Waals surface area (Å²) in [6.45, 7) is 6.54. The minimum Gasteiger partial charge on any atom is -0.476 e. The van der Waals surface area contributed by atoms with Gasteiger partial charge in [-0.25, -0.2) is 4.79 Å². The second-order valence-corrected chi connectivity index (χ2v) is 10.9. The molecular formula is C18H19NO3Si. The van der Waals surface area contributed by atoms with Crippen LogP contribution < -0.4 is 0 Å². The molecule has 0 unspecified atom stereocenters. The molecule has 0 atom stereocenters. The number of benzene rings is 2. The van der Waals surface area contributed by atoms with Gasteiger partial charge >= 0.3 is 5.97 Å². The highest BCUT2D eigenvalue weighted by molar-refractivity contribution is 6.83. The number of hydrogen-bond acceptors (Lipinski definition) is 3. The van der Waals surface area contributed by atoms with Gasteiger partial charge in [-0.15, -0.1) is 5.54 Å². The summed E-state index contributed by atoms with van der Waals surface area (Å²) in [4.78, 5) is 16.1. The zero-order valence-corrected chi connectivity index (χ0v) is 14.7. The lowest BCUT2D eigenvalue weighted by Crippen LogP contribution is -2.16. The highest BCUT2D eigenvalue weighted by Crippen LogP contribution is 2.21. The lowest BCUT2D eigenvalue weighted by atomic mass is 9.99. The number of aliphatic carboxylic acids is 1. The Morgan fingerprint density at radius 3 is 2.57 bits per heavy atom. The van der Waals surface area contributed by atoms with Gasteiger partial charge < -0.3 is 9.94 Å². The van der Waals surface area contributed by atoms with Crippen molar-refractivity contribution in [3.63, 3.8) is 0 Å². The first-order valence-electron chi connectivity index (χ1n) is 7.22. The van der Waals surface area contributed by atoms with Crippen molar-refractivity contribution < 1.29 is 14.7 Å². The summed E-state index contributed by atoms with van der Waals surface area (Å²) in [5.74, 6) is 2.07. The van der Waals surface area contributed by atoms with E-state index in [-0.39, 0.29) is 5.71 Å². The van der Waals surface area contributed by atoms with Crippen LogP contribution in [0.1, 0.15) is 11.1 Å². The monoisotopic (exact) mass is 325 g/mol. The van der Waals surface area contributed by atoms with Crippen LogP contribution in [0.4, 0.5) is 0 Å². The third-order valence-corrected chi connectivity index (χ3v) is 3.98. The summed E-state index contributed by atoms with van der Waals surface area (Å²) in [6.07, 6.45) is 0. The Kier molecular flexibility index (Phi) is 4.87. The van der Waals surface area contributed by atoms with Crippen LogP contribution >= 0.6 is 0 Å². The van der Waals surface area contributed by atoms with Crippen molar-refractivity contribution in [2.75, 3.05) is 7.11 Å². The molecule has 0 aliphatic heterocycles. The minimum absolute atomic E-state index is 0.117. The van der Waals surface area contributed by atoms with Crippen molar-refractivity contribution in [2.24, 2.45) is 5.16 Å². The number of oxime groups is 1. The Hall–Kier alpha value is -2.58. The zero-order valence-electron chi connectivity index (χ0n) is 13.7. The summed E-state index contributed by atoms with van der Waals surface area (Å²) in [7, 11) is -0.140. The Balaban J connectivity index is 2.64. The number of fused-ring (bicyclic) bond motifs is 1. The smallest absolute Gasteiger partial charge is 0.358 e. The van der Waals surface area contributed by atoms with E-state index in [1.807, 2.05) is 24.3 Å². The van der Waals surface area contributed by atoms with E-state index in [9.17, 15) is 9.90 Å². The number of carboxylic acid groups (broad SMARTS) is 1. The minimum atomic E-state index is -1.47. The number of hydrogen-bond donors (Lipinski definition) is 1. The largest absolute Gasteiger partial charge is 0.476 e. The molecule has 5 heteroatoms. The standard InChI is InChI=1S/C18H19NO3Si/c1-22-19-17(18(20)21)15-7-5-6-14-9-8-13(12-16(14)15)10-11-23(2,3)4/h5-9,12H,1-4H3,(H,20,21). The van der Waals surface area contributed by atoms with Crippen molar-refractivity contribution >= 4 is 30.5 Å². The van der Waals surface area contributed by atoms with E-state index >= 15 is 0 Å². The maximum Gasteiger partial charge on any atom is 0.358 e. The Labute approximate surface area is 136 Å². The summed E-state index contributed by atoms with van der Waals surface area (Å²) >= 11 is 0. The van der Waals surface area contributed by atoms with Gasteiger partial charge in [-0.3, -0.25) is 0 Å². The van der Waals surface area contributed by atoms with E-state index in [0.29, 0.717) is 5.56 Å². The van der Waals surface area contributed by atoms with Gasteiger partial charge in [0.25, 0.3) is 0 Å². The van der Waals surface area contributed by atoms with Crippen molar-refractivity contribution in [2.45, 2.75) is 19.6 Å². The van der Waals surface area contributed by atoms with Gasteiger partial charge in [-0.1, -0.05) is 55.0 Å². The molecule has 118 valence electrons. The third kappa shape index (κ3) is 4.21. The third-order valence-electron chi connectivity index (χ3n) is 3.10. The molecule has 1 N–H and O–H groups in total. The molecule has 0 spiro atoms. The summed E-state index contributed by atoms with van der Waals surface area (Å²) in [5.41, 5.74) is 4.59. The summed E-state index contributed by atoms with van der Waals surface area (Å²) in [6, 6.07) is 11.3. The fraction of sp³-hybridized carbons (Fsp3) is 0.222. The Morgan fingerprint density at radius 2 is 1.96 bits per heavy atom. The quantitative estimate of drug-likeness (QED) is 0.407. The van der Waals surface area contributed by atoms with Crippen molar-refractivity contribution in [1.29, 1.82) is 0 Å². The molecule has 0 aliphatic carbocycles. The topological polar surface area (TPSA) is 58.9 Å². The molecule has 2 aromatic carbocycles. The van der Waals surface area contributed by atoms with E-state index < -0.39 is 14.0 Å². The van der Waals surface area contributed by atoms with Gasteiger partial charge in [-0.05, 0) is 22.9 Å². The number of rotatable bonds is 3. The maximum absolute atomic E-state index is 11.4. The SMILES string of the molecule is CON=C(C(=O)O)c1cccc2ccc(C#C[Si](C)(C)C)cc12. The van der Waals surface area contributed by atoms with Crippen LogP contribution in [0.3, 0.4) is 0 Å². The van der Waals surface area contributed by atoms with E-state index in [1.165, 1.54) is 7.11 Å². The number of carboxylic acids is 1. The first-order valence-corrected chi connectivity index (χ1v) is 10.7. The first kappa shape index (κ1) is 16.8. The summed E-state index contributed by atoms with van der Waals surface area (Å²) < 4.78 is 0. The van der Waals surface area contributed by atoms with Crippen LogP contribution in [0.25, 0.3) is 10.8 Å². The molecule has 0 saturated carbocycles. The van der Waals surface area contributed by atoms with Crippen LogP contribution in [-0.4, -0.2) is 32.0 Å². The molecular weight excluding hydrogens is 306 g/mol. The van der Waals surface area contributed by atoms with Crippen LogP contribution in [0.2, 0.25) is 19.6 Å². The lowest BCUT2D eigenvalue weighted by molar-refractivity contribution is -0.129. The molecule has 0 amide bonds. The van der Waals surface area contributed by atoms with Crippen LogP contribution in [0.5, 0.6) is 0 Å². The van der Waals surface area contributed by atoms with Gasteiger partial charge in [0.05, 0.1) is 0 Å². The molecule has 0 radical (unpaired) electrons. The van der Waals surface area contributed by atoms with E-state index in [2.05, 4.69) is 41.1 Å². The fourth-order valence-corrected chi connectivity index (χ4v) is 2.63. The normalized spacial score (nSPS) is 11.7. The second kappa shape index (κ2) is 6.67. The first-order chi connectivity index (χ1) is 10.8. The molecule has 2 aromatic rings. The Morgan fingerprint density at radius 1 is 1.22 bits per heavy atom. The molecule has 0 bridgehead atoms. The second-order valence-electron chi connectivity index (χ2n) is 6.17. The maximum atomic E-state index is 11.4. The molecule has 0 heterocycles. The van der Waals surface area contributed by atoms with Gasteiger partial charge in [0.1, 0.15) is 15.2 Å². The highest BCUT2D eigenvalue weighted by Gasteiger charge is 2.16. The van der Waals surface area contributed by atoms with E-state index in [4.69, 9.17) is 0 Å². The molecule has 0 aromatic heterocycles. The van der Waals surface area contributed by atoms with Crippen LogP contribution in [0, 0.1) is 11.5 Å². The predicted octanol–water partition coefficient (Wildman–Crippen LogP) is 3.50. The van der Waals surface area contributed by atoms with Gasteiger partial charge in [0.2, 0.25) is 0 Å². The number of carbonyl (C=O) groups is 1. The van der Waals surface area contributed by atoms with Crippen LogP contribution in [0.15, 0.2) is 41.6 Å². The Bertz CT molecular complexity index is 839. The zero-order chi connectivity index (χ0) is 17.0. The molecule has 0 aliphatic rings. The highest BCUT2D eigenvalue weighted by atomic mass is 28.3. The van der Waals surface area contributed by atoms with E-state index in [0.717, 1.165) is 16.3 Å². The average molecular weight is 325 g/mol.